The molecule has 2 N–H and O–H groups in total. The topological polar surface area (TPSA) is 67.4 Å². The minimum absolute atomic E-state index is 0.402. The summed E-state index contributed by atoms with van der Waals surface area (Å²) in [6, 6.07) is 7.11. The van der Waals surface area contributed by atoms with Crippen molar-refractivity contribution in [1.82, 2.24) is 5.32 Å². The van der Waals surface area contributed by atoms with Gasteiger partial charge in [0.05, 0.1) is 5.69 Å². The molecule has 1 heterocycles. The SMILES string of the molecule is CC1(C(=O)NCCC2=CCCCC2)Oc2ccccc2NC1=O. The van der Waals surface area contributed by atoms with E-state index in [2.05, 4.69) is 16.7 Å². The van der Waals surface area contributed by atoms with Crippen LogP contribution in [0.2, 0.25) is 0 Å². The zero-order valence-corrected chi connectivity index (χ0v) is 13.4. The zero-order chi connectivity index (χ0) is 16.3. The lowest BCUT2D eigenvalue weighted by Gasteiger charge is -2.33. The maximum Gasteiger partial charge on any atom is 0.278 e. The van der Waals surface area contributed by atoms with Crippen LogP contribution in [0.5, 0.6) is 5.75 Å². The molecular formula is C18H22N2O3. The van der Waals surface area contributed by atoms with E-state index in [1.165, 1.54) is 25.3 Å². The van der Waals surface area contributed by atoms with Crippen molar-refractivity contribution < 1.29 is 14.3 Å². The van der Waals surface area contributed by atoms with E-state index in [4.69, 9.17) is 4.74 Å². The van der Waals surface area contributed by atoms with E-state index in [1.54, 1.807) is 12.1 Å². The van der Waals surface area contributed by atoms with Crippen LogP contribution < -0.4 is 15.4 Å². The highest BCUT2D eigenvalue weighted by molar-refractivity contribution is 6.15. The summed E-state index contributed by atoms with van der Waals surface area (Å²) in [4.78, 5) is 24.7. The van der Waals surface area contributed by atoms with E-state index < -0.39 is 17.4 Å². The quantitative estimate of drug-likeness (QED) is 0.663. The first kappa shape index (κ1) is 15.6. The number of fused-ring (bicyclic) bond motifs is 1. The van der Waals surface area contributed by atoms with Gasteiger partial charge in [0.1, 0.15) is 5.75 Å². The second-order valence-corrected chi connectivity index (χ2v) is 6.20. The maximum absolute atomic E-state index is 12.5. The summed E-state index contributed by atoms with van der Waals surface area (Å²) in [6.07, 6.45) is 7.80. The molecular weight excluding hydrogens is 292 g/mol. The highest BCUT2D eigenvalue weighted by atomic mass is 16.5. The number of anilines is 1. The van der Waals surface area contributed by atoms with Crippen molar-refractivity contribution in [3.63, 3.8) is 0 Å². The van der Waals surface area contributed by atoms with Gasteiger partial charge in [0, 0.05) is 6.54 Å². The third kappa shape index (κ3) is 3.23. The van der Waals surface area contributed by atoms with Gasteiger partial charge >= 0.3 is 0 Å². The largest absolute Gasteiger partial charge is 0.466 e. The van der Waals surface area contributed by atoms with Gasteiger partial charge in [0.2, 0.25) is 0 Å². The van der Waals surface area contributed by atoms with Crippen LogP contribution in [0, 0.1) is 0 Å². The molecule has 0 spiro atoms. The van der Waals surface area contributed by atoms with Gasteiger partial charge in [-0.15, -0.1) is 0 Å². The predicted octanol–water partition coefficient (Wildman–Crippen LogP) is 2.78. The Morgan fingerprint density at radius 3 is 2.96 bits per heavy atom. The molecule has 0 saturated heterocycles. The summed E-state index contributed by atoms with van der Waals surface area (Å²) in [5.74, 6) is -0.328. The number of hydrogen-bond donors (Lipinski definition) is 2. The average molecular weight is 314 g/mol. The van der Waals surface area contributed by atoms with E-state index in [1.807, 2.05) is 12.1 Å². The minimum atomic E-state index is -1.53. The van der Waals surface area contributed by atoms with Gasteiger partial charge in [0.25, 0.3) is 17.4 Å². The highest BCUT2D eigenvalue weighted by Gasteiger charge is 2.46. The maximum atomic E-state index is 12.5. The van der Waals surface area contributed by atoms with Crippen LogP contribution in [0.25, 0.3) is 0 Å². The van der Waals surface area contributed by atoms with E-state index in [0.29, 0.717) is 18.0 Å². The van der Waals surface area contributed by atoms with Gasteiger partial charge in [-0.05, 0) is 51.2 Å². The molecule has 0 saturated carbocycles. The fourth-order valence-corrected chi connectivity index (χ4v) is 2.95. The third-order valence-electron chi connectivity index (χ3n) is 4.43. The fraction of sp³-hybridized carbons (Fsp3) is 0.444. The number of carbonyl (C=O) groups is 2. The van der Waals surface area contributed by atoms with Crippen molar-refractivity contribution in [2.45, 2.75) is 44.6 Å². The molecule has 1 aliphatic heterocycles. The van der Waals surface area contributed by atoms with Crippen LogP contribution in [0.4, 0.5) is 5.69 Å². The Morgan fingerprint density at radius 2 is 2.17 bits per heavy atom. The fourth-order valence-electron chi connectivity index (χ4n) is 2.95. The smallest absolute Gasteiger partial charge is 0.278 e. The molecule has 2 aliphatic rings. The zero-order valence-electron chi connectivity index (χ0n) is 13.4. The Kier molecular flexibility index (Phi) is 4.37. The van der Waals surface area contributed by atoms with Gasteiger partial charge in [-0.2, -0.15) is 0 Å². The van der Waals surface area contributed by atoms with Crippen LogP contribution in [0.15, 0.2) is 35.9 Å². The van der Waals surface area contributed by atoms with Crippen LogP contribution in [0.3, 0.4) is 0 Å². The third-order valence-corrected chi connectivity index (χ3v) is 4.43. The Balaban J connectivity index is 1.62. The summed E-state index contributed by atoms with van der Waals surface area (Å²) < 4.78 is 5.70. The summed E-state index contributed by atoms with van der Waals surface area (Å²) in [6.45, 7) is 2.03. The standard InChI is InChI=1S/C18H22N2O3/c1-18(16(21)19-12-11-13-7-3-2-4-8-13)17(22)20-14-9-5-6-10-15(14)23-18/h5-7,9-10H,2-4,8,11-12H2,1H3,(H,19,21)(H,20,22). The van der Waals surface area contributed by atoms with Gasteiger partial charge in [-0.3, -0.25) is 9.59 Å². The molecule has 0 radical (unpaired) electrons. The van der Waals surface area contributed by atoms with E-state index in [9.17, 15) is 9.59 Å². The minimum Gasteiger partial charge on any atom is -0.466 e. The van der Waals surface area contributed by atoms with Crippen molar-refractivity contribution in [2.75, 3.05) is 11.9 Å². The number of benzene rings is 1. The Hall–Kier alpha value is -2.30. The Labute approximate surface area is 136 Å². The summed E-state index contributed by atoms with van der Waals surface area (Å²) in [5, 5.41) is 5.57. The van der Waals surface area contributed by atoms with Gasteiger partial charge in [-0.1, -0.05) is 23.8 Å². The van der Waals surface area contributed by atoms with Crippen molar-refractivity contribution in [3.05, 3.63) is 35.9 Å². The molecule has 1 aromatic rings. The molecule has 23 heavy (non-hydrogen) atoms. The lowest BCUT2D eigenvalue weighted by atomic mass is 9.97. The number of nitrogens with one attached hydrogen (secondary N) is 2. The summed E-state index contributed by atoms with van der Waals surface area (Å²) >= 11 is 0. The van der Waals surface area contributed by atoms with Crippen LogP contribution >= 0.6 is 0 Å². The number of rotatable bonds is 4. The Morgan fingerprint density at radius 1 is 1.35 bits per heavy atom. The number of para-hydroxylation sites is 2. The molecule has 0 fully saturated rings. The average Bonchev–Trinajstić information content (AvgIpc) is 2.57. The Bertz CT molecular complexity index is 653. The summed E-state index contributed by atoms with van der Waals surface area (Å²) in [7, 11) is 0. The second kappa shape index (κ2) is 6.44. The molecule has 2 amide bonds. The van der Waals surface area contributed by atoms with Crippen molar-refractivity contribution in [3.8, 4) is 5.75 Å². The first-order valence-corrected chi connectivity index (χ1v) is 8.15. The van der Waals surface area contributed by atoms with Gasteiger partial charge < -0.3 is 15.4 Å². The molecule has 1 unspecified atom stereocenters. The number of allylic oxidation sites excluding steroid dienone is 1. The first-order chi connectivity index (χ1) is 11.1. The molecule has 122 valence electrons. The summed E-state index contributed by atoms with van der Waals surface area (Å²) in [5.41, 5.74) is 0.450. The van der Waals surface area contributed by atoms with Crippen LogP contribution in [-0.4, -0.2) is 24.0 Å². The second-order valence-electron chi connectivity index (χ2n) is 6.20. The molecule has 0 bridgehead atoms. The molecule has 5 heteroatoms. The predicted molar refractivity (Wildman–Crippen MR) is 88.3 cm³/mol. The van der Waals surface area contributed by atoms with Crippen molar-refractivity contribution in [2.24, 2.45) is 0 Å². The van der Waals surface area contributed by atoms with Gasteiger partial charge in [-0.25, -0.2) is 0 Å². The monoisotopic (exact) mass is 314 g/mol. The molecule has 1 aromatic carbocycles. The van der Waals surface area contributed by atoms with Crippen LogP contribution in [0.1, 0.15) is 39.0 Å². The van der Waals surface area contributed by atoms with Crippen molar-refractivity contribution >= 4 is 17.5 Å². The number of carbonyl (C=O) groups excluding carboxylic acids is 2. The van der Waals surface area contributed by atoms with Gasteiger partial charge in [0.15, 0.2) is 0 Å². The number of ether oxygens (including phenoxy) is 1. The lowest BCUT2D eigenvalue weighted by molar-refractivity contribution is -0.146. The molecule has 3 rings (SSSR count). The first-order valence-electron chi connectivity index (χ1n) is 8.15. The molecule has 1 atom stereocenters. The van der Waals surface area contributed by atoms with E-state index in [-0.39, 0.29) is 0 Å². The number of hydrogen-bond acceptors (Lipinski definition) is 3. The van der Waals surface area contributed by atoms with Crippen molar-refractivity contribution in [1.29, 1.82) is 0 Å². The van der Waals surface area contributed by atoms with Crippen LogP contribution in [-0.2, 0) is 9.59 Å². The van der Waals surface area contributed by atoms with E-state index >= 15 is 0 Å². The normalized spacial score (nSPS) is 23.2. The number of amides is 2. The molecule has 5 nitrogen and oxygen atoms in total. The lowest BCUT2D eigenvalue weighted by Crippen LogP contribution is -2.58. The molecule has 1 aliphatic carbocycles. The van der Waals surface area contributed by atoms with E-state index in [0.717, 1.165) is 19.3 Å². The highest BCUT2D eigenvalue weighted by Crippen LogP contribution is 2.33. The molecule has 0 aromatic heterocycles.